The maximum atomic E-state index is 9.48. The van der Waals surface area contributed by atoms with E-state index >= 15 is 0 Å². The summed E-state index contributed by atoms with van der Waals surface area (Å²) >= 11 is 0. The number of likely N-dealkylation sites (N-methyl/N-ethyl adjacent to an activating group) is 1. The molecule has 0 spiro atoms. The highest BCUT2D eigenvalue weighted by atomic mass is 16.3. The van der Waals surface area contributed by atoms with E-state index in [0.29, 0.717) is 5.92 Å². The second-order valence-corrected chi connectivity index (χ2v) is 4.38. The van der Waals surface area contributed by atoms with Gasteiger partial charge in [0.15, 0.2) is 0 Å². The Bertz CT molecular complexity index is 335. The molecular weight excluding hydrogens is 186 g/mol. The molecule has 1 aromatic carbocycles. The van der Waals surface area contributed by atoms with Crippen molar-refractivity contribution >= 4 is 5.69 Å². The van der Waals surface area contributed by atoms with Crippen molar-refractivity contribution in [2.75, 3.05) is 18.0 Å². The molecule has 1 aromatic rings. The lowest BCUT2D eigenvalue weighted by Crippen LogP contribution is -2.22. The van der Waals surface area contributed by atoms with Crippen LogP contribution in [-0.2, 0) is 0 Å². The highest BCUT2D eigenvalue weighted by molar-refractivity contribution is 5.60. The Balaban J connectivity index is 2.25. The maximum Gasteiger partial charge on any atom is 0.0518 e. The second-order valence-electron chi connectivity index (χ2n) is 4.38. The number of hydrogen-bond donors (Lipinski definition) is 1. The van der Waals surface area contributed by atoms with Crippen LogP contribution in [0.3, 0.4) is 0 Å². The zero-order valence-electron chi connectivity index (χ0n) is 9.48. The fourth-order valence-corrected chi connectivity index (χ4v) is 2.50. The first-order valence-electron chi connectivity index (χ1n) is 5.74. The van der Waals surface area contributed by atoms with Gasteiger partial charge < -0.3 is 10.0 Å². The second kappa shape index (κ2) is 4.23. The summed E-state index contributed by atoms with van der Waals surface area (Å²) < 4.78 is 0. The molecule has 0 bridgehead atoms. The fourth-order valence-electron chi connectivity index (χ4n) is 2.50. The minimum absolute atomic E-state index is 0.208. The van der Waals surface area contributed by atoms with E-state index in [4.69, 9.17) is 0 Å². The van der Waals surface area contributed by atoms with Crippen LogP contribution in [0.1, 0.15) is 31.7 Å². The predicted molar refractivity (Wildman–Crippen MR) is 63.4 cm³/mol. The average Bonchev–Trinajstić information content (AvgIpc) is 2.56. The standard InChI is InChI=1S/C13H19NO/c1-3-14-9-11(8-10(2)15)12-6-4-5-7-13(12)14/h4-7,10-11,15H,3,8-9H2,1-2H3. The van der Waals surface area contributed by atoms with Crippen molar-refractivity contribution in [3.8, 4) is 0 Å². The number of benzene rings is 1. The molecule has 2 nitrogen and oxygen atoms in total. The molecule has 0 aliphatic carbocycles. The summed E-state index contributed by atoms with van der Waals surface area (Å²) in [4.78, 5) is 2.39. The van der Waals surface area contributed by atoms with Crippen molar-refractivity contribution in [2.45, 2.75) is 32.3 Å². The predicted octanol–water partition coefficient (Wildman–Crippen LogP) is 2.38. The van der Waals surface area contributed by atoms with Crippen molar-refractivity contribution in [1.29, 1.82) is 0 Å². The van der Waals surface area contributed by atoms with Crippen molar-refractivity contribution in [1.82, 2.24) is 0 Å². The summed E-state index contributed by atoms with van der Waals surface area (Å²) in [6.07, 6.45) is 0.660. The first-order valence-corrected chi connectivity index (χ1v) is 5.74. The van der Waals surface area contributed by atoms with Gasteiger partial charge in [0.1, 0.15) is 0 Å². The Morgan fingerprint density at radius 2 is 2.20 bits per heavy atom. The molecule has 0 saturated carbocycles. The average molecular weight is 205 g/mol. The van der Waals surface area contributed by atoms with Gasteiger partial charge in [-0.3, -0.25) is 0 Å². The largest absolute Gasteiger partial charge is 0.393 e. The van der Waals surface area contributed by atoms with Crippen molar-refractivity contribution in [2.24, 2.45) is 0 Å². The Kier molecular flexibility index (Phi) is 2.96. The third-order valence-electron chi connectivity index (χ3n) is 3.17. The maximum absolute atomic E-state index is 9.48. The van der Waals surface area contributed by atoms with Crippen LogP contribution in [0, 0.1) is 0 Å². The molecule has 1 aliphatic rings. The van der Waals surface area contributed by atoms with Gasteiger partial charge in [-0.05, 0) is 31.9 Å². The first kappa shape index (κ1) is 10.5. The molecule has 0 fully saturated rings. The summed E-state index contributed by atoms with van der Waals surface area (Å²) in [5.41, 5.74) is 2.76. The van der Waals surface area contributed by atoms with Crippen LogP contribution in [-0.4, -0.2) is 24.3 Å². The molecule has 15 heavy (non-hydrogen) atoms. The van der Waals surface area contributed by atoms with Gasteiger partial charge in [0.25, 0.3) is 0 Å². The van der Waals surface area contributed by atoms with E-state index in [-0.39, 0.29) is 6.10 Å². The summed E-state index contributed by atoms with van der Waals surface area (Å²) in [7, 11) is 0. The number of aliphatic hydroxyl groups is 1. The van der Waals surface area contributed by atoms with Gasteiger partial charge >= 0.3 is 0 Å². The lowest BCUT2D eigenvalue weighted by Gasteiger charge is -2.17. The molecular formula is C13H19NO. The van der Waals surface area contributed by atoms with E-state index in [9.17, 15) is 5.11 Å². The minimum atomic E-state index is -0.208. The van der Waals surface area contributed by atoms with E-state index in [2.05, 4.69) is 36.1 Å². The van der Waals surface area contributed by atoms with Gasteiger partial charge in [-0.15, -0.1) is 0 Å². The van der Waals surface area contributed by atoms with Gasteiger partial charge in [0.2, 0.25) is 0 Å². The van der Waals surface area contributed by atoms with Crippen LogP contribution < -0.4 is 4.90 Å². The first-order chi connectivity index (χ1) is 7.22. The van der Waals surface area contributed by atoms with Crippen LogP contribution in [0.15, 0.2) is 24.3 Å². The molecule has 2 rings (SSSR count). The Hall–Kier alpha value is -1.02. The molecule has 0 radical (unpaired) electrons. The third kappa shape index (κ3) is 2.00. The number of anilines is 1. The summed E-state index contributed by atoms with van der Waals surface area (Å²) in [6.45, 7) is 6.16. The van der Waals surface area contributed by atoms with E-state index in [1.807, 2.05) is 6.92 Å². The lowest BCUT2D eigenvalue weighted by molar-refractivity contribution is 0.176. The van der Waals surface area contributed by atoms with Gasteiger partial charge in [0, 0.05) is 24.7 Å². The van der Waals surface area contributed by atoms with Gasteiger partial charge in [-0.2, -0.15) is 0 Å². The monoisotopic (exact) mass is 205 g/mol. The Morgan fingerprint density at radius 3 is 2.87 bits per heavy atom. The molecule has 2 heteroatoms. The number of para-hydroxylation sites is 1. The number of hydrogen-bond acceptors (Lipinski definition) is 2. The molecule has 1 heterocycles. The quantitative estimate of drug-likeness (QED) is 0.819. The van der Waals surface area contributed by atoms with Crippen molar-refractivity contribution < 1.29 is 5.11 Å². The molecule has 0 aromatic heterocycles. The number of rotatable bonds is 3. The Morgan fingerprint density at radius 1 is 1.47 bits per heavy atom. The topological polar surface area (TPSA) is 23.5 Å². The molecule has 1 N–H and O–H groups in total. The highest BCUT2D eigenvalue weighted by Crippen LogP contribution is 2.38. The van der Waals surface area contributed by atoms with Gasteiger partial charge in [0.05, 0.1) is 6.10 Å². The summed E-state index contributed by atoms with van der Waals surface area (Å²) in [5, 5.41) is 9.48. The molecule has 0 amide bonds. The zero-order chi connectivity index (χ0) is 10.8. The van der Waals surface area contributed by atoms with E-state index in [1.165, 1.54) is 11.3 Å². The fraction of sp³-hybridized carbons (Fsp3) is 0.538. The van der Waals surface area contributed by atoms with Crippen LogP contribution in [0.5, 0.6) is 0 Å². The van der Waals surface area contributed by atoms with Crippen LogP contribution in [0.2, 0.25) is 0 Å². The van der Waals surface area contributed by atoms with Crippen LogP contribution in [0.25, 0.3) is 0 Å². The molecule has 82 valence electrons. The third-order valence-corrected chi connectivity index (χ3v) is 3.17. The lowest BCUT2D eigenvalue weighted by atomic mass is 9.96. The number of nitrogens with zero attached hydrogens (tertiary/aromatic N) is 1. The molecule has 2 atom stereocenters. The van der Waals surface area contributed by atoms with Crippen LogP contribution in [0.4, 0.5) is 5.69 Å². The number of fused-ring (bicyclic) bond motifs is 1. The number of aliphatic hydroxyl groups excluding tert-OH is 1. The van der Waals surface area contributed by atoms with Crippen molar-refractivity contribution in [3.63, 3.8) is 0 Å². The highest BCUT2D eigenvalue weighted by Gasteiger charge is 2.27. The molecule has 1 aliphatic heterocycles. The Labute approximate surface area is 91.5 Å². The smallest absolute Gasteiger partial charge is 0.0518 e. The van der Waals surface area contributed by atoms with Gasteiger partial charge in [-0.1, -0.05) is 18.2 Å². The van der Waals surface area contributed by atoms with E-state index in [1.54, 1.807) is 0 Å². The summed E-state index contributed by atoms with van der Waals surface area (Å²) in [6, 6.07) is 8.55. The van der Waals surface area contributed by atoms with Crippen molar-refractivity contribution in [3.05, 3.63) is 29.8 Å². The minimum Gasteiger partial charge on any atom is -0.393 e. The van der Waals surface area contributed by atoms with E-state index in [0.717, 1.165) is 19.5 Å². The SMILES string of the molecule is CCN1CC(CC(C)O)c2ccccc21. The molecule has 2 unspecified atom stereocenters. The van der Waals surface area contributed by atoms with Gasteiger partial charge in [-0.25, -0.2) is 0 Å². The van der Waals surface area contributed by atoms with Crippen LogP contribution >= 0.6 is 0 Å². The molecule has 0 saturated heterocycles. The summed E-state index contributed by atoms with van der Waals surface area (Å²) in [5.74, 6) is 0.501. The normalized spacial score (nSPS) is 21.5. The zero-order valence-corrected chi connectivity index (χ0v) is 9.48. The van der Waals surface area contributed by atoms with E-state index < -0.39 is 0 Å².